The second-order valence-electron chi connectivity index (χ2n) is 7.31. The highest BCUT2D eigenvalue weighted by molar-refractivity contribution is 6.01. The molecule has 0 bridgehead atoms. The molecule has 7 heteroatoms. The number of carbonyl (C=O) groups is 2. The molecule has 1 aromatic carbocycles. The van der Waals surface area contributed by atoms with Crippen LogP contribution in [0.25, 0.3) is 10.9 Å². The fourth-order valence-electron chi connectivity index (χ4n) is 3.81. The molecule has 3 aromatic rings. The summed E-state index contributed by atoms with van der Waals surface area (Å²) in [6, 6.07) is 7.82. The molecule has 0 saturated heterocycles. The average molecular weight is 378 g/mol. The van der Waals surface area contributed by atoms with Crippen molar-refractivity contribution < 1.29 is 9.59 Å². The van der Waals surface area contributed by atoms with Gasteiger partial charge < -0.3 is 20.6 Å². The van der Waals surface area contributed by atoms with E-state index in [0.29, 0.717) is 5.56 Å². The standard InChI is InChI=1S/C21H22N4O3/c1-11-8-14-13(4-3-5-16(14)24-11)9-25-10-15(19(22)26)17(12-6-7-12)18(21(25)28)20(27)23-2/h3-5,8,10,12,24H,6-7,9H2,1-2H3,(H2,22,26)(H,23,27). The summed E-state index contributed by atoms with van der Waals surface area (Å²) in [4.78, 5) is 41.1. The van der Waals surface area contributed by atoms with Crippen LogP contribution in [0.2, 0.25) is 0 Å². The molecule has 0 spiro atoms. The molecule has 0 unspecified atom stereocenters. The molecule has 4 N–H and O–H groups in total. The van der Waals surface area contributed by atoms with E-state index >= 15 is 0 Å². The molecule has 144 valence electrons. The first-order chi connectivity index (χ1) is 13.4. The number of aryl methyl sites for hydroxylation is 1. The molecule has 2 amide bonds. The van der Waals surface area contributed by atoms with E-state index in [-0.39, 0.29) is 23.6 Å². The number of aromatic amines is 1. The van der Waals surface area contributed by atoms with Crippen molar-refractivity contribution in [3.05, 3.63) is 68.8 Å². The van der Waals surface area contributed by atoms with Crippen molar-refractivity contribution >= 4 is 22.7 Å². The largest absolute Gasteiger partial charge is 0.366 e. The number of nitrogens with two attached hydrogens (primary N) is 1. The summed E-state index contributed by atoms with van der Waals surface area (Å²) in [6.07, 6.45) is 3.19. The number of amides is 2. The lowest BCUT2D eigenvalue weighted by Gasteiger charge is -2.16. The minimum Gasteiger partial charge on any atom is -0.366 e. The third kappa shape index (κ3) is 2.98. The molecule has 28 heavy (non-hydrogen) atoms. The molecule has 7 nitrogen and oxygen atoms in total. The zero-order valence-corrected chi connectivity index (χ0v) is 15.8. The first-order valence-electron chi connectivity index (χ1n) is 9.27. The molecule has 1 saturated carbocycles. The van der Waals surface area contributed by atoms with Gasteiger partial charge in [-0.05, 0) is 48.9 Å². The van der Waals surface area contributed by atoms with Crippen LogP contribution in [0.1, 0.15) is 56.3 Å². The number of carbonyl (C=O) groups excluding carboxylic acids is 2. The predicted octanol–water partition coefficient (Wildman–Crippen LogP) is 2.02. The number of hydrogen-bond acceptors (Lipinski definition) is 3. The van der Waals surface area contributed by atoms with E-state index in [4.69, 9.17) is 5.73 Å². The van der Waals surface area contributed by atoms with Crippen LogP contribution in [0.5, 0.6) is 0 Å². The van der Waals surface area contributed by atoms with Crippen molar-refractivity contribution in [2.45, 2.75) is 32.2 Å². The van der Waals surface area contributed by atoms with Crippen molar-refractivity contribution in [3.8, 4) is 0 Å². The maximum absolute atomic E-state index is 13.2. The first kappa shape index (κ1) is 18.0. The zero-order chi connectivity index (χ0) is 20.0. The summed E-state index contributed by atoms with van der Waals surface area (Å²) in [6.45, 7) is 2.21. The quantitative estimate of drug-likeness (QED) is 0.632. The van der Waals surface area contributed by atoms with Crippen molar-refractivity contribution in [3.63, 3.8) is 0 Å². The van der Waals surface area contributed by atoms with E-state index in [2.05, 4.69) is 10.3 Å². The second kappa shape index (κ2) is 6.67. The number of aromatic nitrogens is 2. The highest BCUT2D eigenvalue weighted by atomic mass is 16.2. The molecule has 0 radical (unpaired) electrons. The number of H-pyrrole nitrogens is 1. The van der Waals surface area contributed by atoms with Gasteiger partial charge >= 0.3 is 0 Å². The molecule has 2 heterocycles. The topological polar surface area (TPSA) is 110 Å². The summed E-state index contributed by atoms with van der Waals surface area (Å²) in [5.74, 6) is -1.08. The van der Waals surface area contributed by atoms with E-state index in [0.717, 1.165) is 35.0 Å². The van der Waals surface area contributed by atoms with Gasteiger partial charge in [-0.3, -0.25) is 14.4 Å². The maximum atomic E-state index is 13.2. The Morgan fingerprint density at radius 1 is 1.32 bits per heavy atom. The fraction of sp³-hybridized carbons (Fsp3) is 0.286. The monoisotopic (exact) mass is 378 g/mol. The predicted molar refractivity (Wildman–Crippen MR) is 107 cm³/mol. The normalized spacial score (nSPS) is 13.6. The van der Waals surface area contributed by atoms with E-state index in [1.54, 1.807) is 0 Å². The Labute approximate surface area is 161 Å². The number of nitrogens with one attached hydrogen (secondary N) is 2. The number of fused-ring (bicyclic) bond motifs is 1. The summed E-state index contributed by atoms with van der Waals surface area (Å²) in [5.41, 5.74) is 8.87. The van der Waals surface area contributed by atoms with Crippen LogP contribution in [0, 0.1) is 6.92 Å². The van der Waals surface area contributed by atoms with Crippen molar-refractivity contribution in [1.82, 2.24) is 14.9 Å². The summed E-state index contributed by atoms with van der Waals surface area (Å²) in [7, 11) is 1.48. The first-order valence-corrected chi connectivity index (χ1v) is 9.27. The van der Waals surface area contributed by atoms with E-state index < -0.39 is 17.4 Å². The lowest BCUT2D eigenvalue weighted by molar-refractivity contribution is 0.0960. The van der Waals surface area contributed by atoms with Gasteiger partial charge in [-0.15, -0.1) is 0 Å². The fourth-order valence-corrected chi connectivity index (χ4v) is 3.81. The van der Waals surface area contributed by atoms with Crippen LogP contribution in [0.15, 0.2) is 35.3 Å². The Morgan fingerprint density at radius 2 is 2.07 bits per heavy atom. The molecular weight excluding hydrogens is 356 g/mol. The van der Waals surface area contributed by atoms with Crippen molar-refractivity contribution in [1.29, 1.82) is 0 Å². The van der Waals surface area contributed by atoms with E-state index in [1.807, 2.05) is 31.2 Å². The molecular formula is C21H22N4O3. The number of benzene rings is 1. The molecule has 4 rings (SSSR count). The number of rotatable bonds is 5. The van der Waals surface area contributed by atoms with Gasteiger partial charge in [0, 0.05) is 29.8 Å². The average Bonchev–Trinajstić information content (AvgIpc) is 3.42. The molecule has 1 aliphatic rings. The number of hydrogen-bond donors (Lipinski definition) is 3. The van der Waals surface area contributed by atoms with Gasteiger partial charge in [0.1, 0.15) is 5.56 Å². The Hall–Kier alpha value is -3.35. The Kier molecular flexibility index (Phi) is 4.30. The van der Waals surface area contributed by atoms with Crippen LogP contribution < -0.4 is 16.6 Å². The van der Waals surface area contributed by atoms with Crippen molar-refractivity contribution in [2.24, 2.45) is 5.73 Å². The van der Waals surface area contributed by atoms with E-state index in [1.165, 1.54) is 17.8 Å². The van der Waals surface area contributed by atoms with Gasteiger partial charge in [0.2, 0.25) is 0 Å². The number of pyridine rings is 1. The lowest BCUT2D eigenvalue weighted by Crippen LogP contribution is -2.35. The Balaban J connectivity index is 1.91. The van der Waals surface area contributed by atoms with Gasteiger partial charge in [-0.1, -0.05) is 12.1 Å². The second-order valence-corrected chi connectivity index (χ2v) is 7.31. The van der Waals surface area contributed by atoms with Crippen LogP contribution in [-0.4, -0.2) is 28.4 Å². The van der Waals surface area contributed by atoms with Crippen LogP contribution in [-0.2, 0) is 6.54 Å². The van der Waals surface area contributed by atoms with Crippen LogP contribution in [0.3, 0.4) is 0 Å². The highest BCUT2D eigenvalue weighted by Crippen LogP contribution is 2.42. The van der Waals surface area contributed by atoms with Gasteiger partial charge in [-0.25, -0.2) is 0 Å². The Bertz CT molecular complexity index is 1170. The number of primary amides is 1. The molecule has 1 aliphatic carbocycles. The smallest absolute Gasteiger partial charge is 0.264 e. The summed E-state index contributed by atoms with van der Waals surface area (Å²) < 4.78 is 1.41. The van der Waals surface area contributed by atoms with Crippen LogP contribution >= 0.6 is 0 Å². The van der Waals surface area contributed by atoms with Gasteiger partial charge in [0.15, 0.2) is 0 Å². The summed E-state index contributed by atoms with van der Waals surface area (Å²) >= 11 is 0. The maximum Gasteiger partial charge on any atom is 0.264 e. The van der Waals surface area contributed by atoms with Gasteiger partial charge in [0.05, 0.1) is 12.1 Å². The minimum atomic E-state index is -0.628. The Morgan fingerprint density at radius 3 is 2.71 bits per heavy atom. The molecule has 0 atom stereocenters. The zero-order valence-electron chi connectivity index (χ0n) is 15.8. The summed E-state index contributed by atoms with van der Waals surface area (Å²) in [5, 5.41) is 3.53. The highest BCUT2D eigenvalue weighted by Gasteiger charge is 2.34. The third-order valence-electron chi connectivity index (χ3n) is 5.25. The van der Waals surface area contributed by atoms with Crippen molar-refractivity contribution in [2.75, 3.05) is 7.05 Å². The van der Waals surface area contributed by atoms with E-state index in [9.17, 15) is 14.4 Å². The minimum absolute atomic E-state index is 0.0266. The molecule has 1 fully saturated rings. The molecule has 2 aromatic heterocycles. The molecule has 0 aliphatic heterocycles. The van der Waals surface area contributed by atoms with Gasteiger partial charge in [0.25, 0.3) is 17.4 Å². The number of nitrogens with zero attached hydrogens (tertiary/aromatic N) is 1. The van der Waals surface area contributed by atoms with Gasteiger partial charge in [-0.2, -0.15) is 0 Å². The third-order valence-corrected chi connectivity index (χ3v) is 5.25. The SMILES string of the molecule is CNC(=O)c1c(C2CC2)c(C(N)=O)cn(Cc2cccc3[nH]c(C)cc23)c1=O. The lowest BCUT2D eigenvalue weighted by atomic mass is 9.98. The van der Waals surface area contributed by atoms with Crippen LogP contribution in [0.4, 0.5) is 0 Å².